The van der Waals surface area contributed by atoms with Gasteiger partial charge in [0.05, 0.1) is 5.88 Å². The van der Waals surface area contributed by atoms with Crippen molar-refractivity contribution in [2.24, 2.45) is 0 Å². The Hall–Kier alpha value is -1.18. The summed E-state index contributed by atoms with van der Waals surface area (Å²) in [5.74, 6) is 1.88. The number of hydrogen-bond acceptors (Lipinski definition) is 1. The highest BCUT2D eigenvalue weighted by Crippen LogP contribution is 2.37. The molecule has 0 saturated carbocycles. The molecule has 0 spiro atoms. The second kappa shape index (κ2) is 6.07. The Labute approximate surface area is 130 Å². The van der Waals surface area contributed by atoms with Crippen molar-refractivity contribution in [3.8, 4) is 11.5 Å². The first kappa shape index (κ1) is 15.2. The molecule has 0 aliphatic rings. The minimum absolute atomic E-state index is 0.0102. The Kier molecular flexibility index (Phi) is 4.62. The molecule has 0 unspecified atom stereocenters. The summed E-state index contributed by atoms with van der Waals surface area (Å²) in [5, 5.41) is 0.630. The lowest BCUT2D eigenvalue weighted by Crippen LogP contribution is -2.12. The molecule has 1 nitrogen and oxygen atoms in total. The van der Waals surface area contributed by atoms with Gasteiger partial charge >= 0.3 is 0 Å². The van der Waals surface area contributed by atoms with Gasteiger partial charge in [-0.3, -0.25) is 0 Å². The summed E-state index contributed by atoms with van der Waals surface area (Å²) < 4.78 is 6.07. The second-order valence-electron chi connectivity index (χ2n) is 5.70. The van der Waals surface area contributed by atoms with E-state index in [1.165, 1.54) is 0 Å². The summed E-state index contributed by atoms with van der Waals surface area (Å²) in [6.45, 7) is 6.49. The van der Waals surface area contributed by atoms with Gasteiger partial charge in [-0.15, -0.1) is 11.6 Å². The first-order chi connectivity index (χ1) is 9.43. The molecule has 0 aromatic heterocycles. The van der Waals surface area contributed by atoms with Gasteiger partial charge in [0.1, 0.15) is 11.5 Å². The SMILES string of the molecule is CC(C)(C)c1ccccc1Oc1cccc(Cl)c1CCl. The molecular weight excluding hydrogens is 291 g/mol. The van der Waals surface area contributed by atoms with Crippen molar-refractivity contribution in [2.75, 3.05) is 0 Å². The van der Waals surface area contributed by atoms with Crippen LogP contribution in [0.3, 0.4) is 0 Å². The molecule has 2 aromatic rings. The number of rotatable bonds is 3. The van der Waals surface area contributed by atoms with Crippen molar-refractivity contribution in [1.29, 1.82) is 0 Å². The van der Waals surface area contributed by atoms with Gasteiger partial charge in [-0.25, -0.2) is 0 Å². The van der Waals surface area contributed by atoms with Gasteiger partial charge in [0.15, 0.2) is 0 Å². The molecule has 0 aliphatic carbocycles. The van der Waals surface area contributed by atoms with E-state index in [0.29, 0.717) is 16.7 Å². The fourth-order valence-corrected chi connectivity index (χ4v) is 2.63. The van der Waals surface area contributed by atoms with Crippen LogP contribution in [0.5, 0.6) is 11.5 Å². The number of halogens is 2. The van der Waals surface area contributed by atoms with Crippen molar-refractivity contribution in [2.45, 2.75) is 32.1 Å². The Bertz CT molecular complexity index is 600. The number of para-hydroxylation sites is 1. The van der Waals surface area contributed by atoms with Crippen molar-refractivity contribution >= 4 is 23.2 Å². The number of hydrogen-bond donors (Lipinski definition) is 0. The van der Waals surface area contributed by atoms with E-state index < -0.39 is 0 Å². The zero-order chi connectivity index (χ0) is 14.8. The van der Waals surface area contributed by atoms with E-state index in [1.54, 1.807) is 0 Å². The highest BCUT2D eigenvalue weighted by atomic mass is 35.5. The smallest absolute Gasteiger partial charge is 0.133 e. The predicted octanol–water partition coefficient (Wildman–Crippen LogP) is 6.17. The van der Waals surface area contributed by atoms with E-state index in [9.17, 15) is 0 Å². The molecule has 0 saturated heterocycles. The molecule has 0 heterocycles. The van der Waals surface area contributed by atoms with Gasteiger partial charge in [0.2, 0.25) is 0 Å². The molecule has 2 rings (SSSR count). The van der Waals surface area contributed by atoms with Crippen LogP contribution in [0.4, 0.5) is 0 Å². The normalized spacial score (nSPS) is 11.4. The van der Waals surface area contributed by atoms with E-state index in [1.807, 2.05) is 36.4 Å². The Balaban J connectivity index is 2.44. The second-order valence-corrected chi connectivity index (χ2v) is 6.37. The molecule has 2 aromatic carbocycles. The van der Waals surface area contributed by atoms with Crippen LogP contribution in [0.2, 0.25) is 5.02 Å². The van der Waals surface area contributed by atoms with E-state index in [4.69, 9.17) is 27.9 Å². The van der Waals surface area contributed by atoms with Crippen LogP contribution < -0.4 is 4.74 Å². The standard InChI is InChI=1S/C17H18Cl2O/c1-17(2,3)13-7-4-5-9-16(13)20-15-10-6-8-14(19)12(15)11-18/h4-10H,11H2,1-3H3. The van der Waals surface area contributed by atoms with E-state index in [0.717, 1.165) is 16.9 Å². The molecule has 106 valence electrons. The molecule has 0 N–H and O–H groups in total. The van der Waals surface area contributed by atoms with Crippen molar-refractivity contribution in [3.63, 3.8) is 0 Å². The molecule has 3 heteroatoms. The molecule has 0 atom stereocenters. The van der Waals surface area contributed by atoms with Gasteiger partial charge in [-0.05, 0) is 23.6 Å². The molecule has 0 bridgehead atoms. The first-order valence-corrected chi connectivity index (χ1v) is 7.45. The number of ether oxygens (including phenoxy) is 1. The Morgan fingerprint density at radius 3 is 2.25 bits per heavy atom. The van der Waals surface area contributed by atoms with Crippen LogP contribution in [0.25, 0.3) is 0 Å². The van der Waals surface area contributed by atoms with Crippen molar-refractivity contribution < 1.29 is 4.74 Å². The third-order valence-electron chi connectivity index (χ3n) is 3.12. The summed E-state index contributed by atoms with van der Waals surface area (Å²) in [7, 11) is 0. The maximum absolute atomic E-state index is 6.16. The monoisotopic (exact) mass is 308 g/mol. The highest BCUT2D eigenvalue weighted by Gasteiger charge is 2.19. The average molecular weight is 309 g/mol. The van der Waals surface area contributed by atoms with E-state index in [-0.39, 0.29) is 5.41 Å². The molecule has 20 heavy (non-hydrogen) atoms. The molecule has 0 fully saturated rings. The minimum Gasteiger partial charge on any atom is -0.457 e. The quantitative estimate of drug-likeness (QED) is 0.616. The van der Waals surface area contributed by atoms with Crippen molar-refractivity contribution in [1.82, 2.24) is 0 Å². The fraction of sp³-hybridized carbons (Fsp3) is 0.294. The third kappa shape index (κ3) is 3.28. The van der Waals surface area contributed by atoms with Crippen LogP contribution in [0.15, 0.2) is 42.5 Å². The topological polar surface area (TPSA) is 9.23 Å². The molecule has 0 radical (unpaired) electrons. The first-order valence-electron chi connectivity index (χ1n) is 6.54. The summed E-state index contributed by atoms with van der Waals surface area (Å²) in [6, 6.07) is 13.6. The molecule has 0 aliphatic heterocycles. The average Bonchev–Trinajstić information content (AvgIpc) is 2.38. The third-order valence-corrected chi connectivity index (χ3v) is 3.75. The minimum atomic E-state index is 0.0102. The fourth-order valence-electron chi connectivity index (χ4n) is 2.06. The summed E-state index contributed by atoms with van der Waals surface area (Å²) >= 11 is 12.1. The number of alkyl halides is 1. The Morgan fingerprint density at radius 1 is 0.950 bits per heavy atom. The van der Waals surface area contributed by atoms with Gasteiger partial charge in [0, 0.05) is 16.1 Å². The maximum Gasteiger partial charge on any atom is 0.133 e. The van der Waals surface area contributed by atoms with Crippen LogP contribution >= 0.6 is 23.2 Å². The predicted molar refractivity (Wildman–Crippen MR) is 86.2 cm³/mol. The van der Waals surface area contributed by atoms with Gasteiger partial charge < -0.3 is 4.74 Å². The molecule has 0 amide bonds. The lowest BCUT2D eigenvalue weighted by molar-refractivity contribution is 0.452. The summed E-state index contributed by atoms with van der Waals surface area (Å²) in [6.07, 6.45) is 0. The van der Waals surface area contributed by atoms with Gasteiger partial charge in [-0.1, -0.05) is 56.6 Å². The van der Waals surface area contributed by atoms with E-state index >= 15 is 0 Å². The number of benzene rings is 2. The molecular formula is C17H18Cl2O. The largest absolute Gasteiger partial charge is 0.457 e. The lowest BCUT2D eigenvalue weighted by atomic mass is 9.86. The van der Waals surface area contributed by atoms with E-state index in [2.05, 4.69) is 26.8 Å². The van der Waals surface area contributed by atoms with Gasteiger partial charge in [-0.2, -0.15) is 0 Å². The summed E-state index contributed by atoms with van der Waals surface area (Å²) in [5.41, 5.74) is 1.98. The zero-order valence-corrected chi connectivity index (χ0v) is 13.4. The zero-order valence-electron chi connectivity index (χ0n) is 11.9. The highest BCUT2D eigenvalue weighted by molar-refractivity contribution is 6.32. The summed E-state index contributed by atoms with van der Waals surface area (Å²) in [4.78, 5) is 0. The van der Waals surface area contributed by atoms with Crippen molar-refractivity contribution in [3.05, 3.63) is 58.6 Å². The lowest BCUT2D eigenvalue weighted by Gasteiger charge is -2.23. The van der Waals surface area contributed by atoms with Gasteiger partial charge in [0.25, 0.3) is 0 Å². The Morgan fingerprint density at radius 2 is 1.60 bits per heavy atom. The van der Waals surface area contributed by atoms with Crippen LogP contribution in [0, 0.1) is 0 Å². The van der Waals surface area contributed by atoms with Crippen LogP contribution in [-0.4, -0.2) is 0 Å². The van der Waals surface area contributed by atoms with Crippen LogP contribution in [0.1, 0.15) is 31.9 Å². The van der Waals surface area contributed by atoms with Crippen LogP contribution in [-0.2, 0) is 11.3 Å². The maximum atomic E-state index is 6.16.